The zero-order valence-electron chi connectivity index (χ0n) is 19.3. The molecule has 0 heteroatoms. The maximum absolute atomic E-state index is 2.45. The fourth-order valence-corrected chi connectivity index (χ4v) is 7.11. The highest BCUT2D eigenvalue weighted by Crippen LogP contribution is 2.43. The van der Waals surface area contributed by atoms with Crippen LogP contribution >= 0.6 is 0 Å². The van der Waals surface area contributed by atoms with Gasteiger partial charge in [-0.2, -0.15) is 0 Å². The van der Waals surface area contributed by atoms with Crippen molar-refractivity contribution < 1.29 is 0 Å². The van der Waals surface area contributed by atoms with Gasteiger partial charge < -0.3 is 0 Å². The molecular weight excluding hydrogens is 336 g/mol. The molecule has 0 aromatic carbocycles. The molecule has 3 rings (SSSR count). The van der Waals surface area contributed by atoms with Crippen LogP contribution in [0.25, 0.3) is 0 Å². The molecule has 162 valence electrons. The maximum atomic E-state index is 2.45. The molecule has 3 saturated carbocycles. The summed E-state index contributed by atoms with van der Waals surface area (Å²) in [7, 11) is 0. The van der Waals surface area contributed by atoms with E-state index < -0.39 is 0 Å². The summed E-state index contributed by atoms with van der Waals surface area (Å²) in [5.41, 5.74) is 0. The van der Waals surface area contributed by atoms with Crippen LogP contribution < -0.4 is 0 Å². The van der Waals surface area contributed by atoms with Crippen molar-refractivity contribution in [3.63, 3.8) is 0 Å². The quantitative estimate of drug-likeness (QED) is 0.273. The molecule has 0 amide bonds. The van der Waals surface area contributed by atoms with Gasteiger partial charge in [-0.1, -0.05) is 83.3 Å². The van der Waals surface area contributed by atoms with Crippen LogP contribution in [0, 0.1) is 35.5 Å². The van der Waals surface area contributed by atoms with E-state index in [4.69, 9.17) is 0 Å². The largest absolute Gasteiger partial charge is 0.0914 e. The highest BCUT2D eigenvalue weighted by Gasteiger charge is 2.30. The second-order valence-corrected chi connectivity index (χ2v) is 10.9. The first-order chi connectivity index (χ1) is 13.8. The van der Waals surface area contributed by atoms with E-state index in [-0.39, 0.29) is 0 Å². The number of hydrogen-bond donors (Lipinski definition) is 0. The summed E-state index contributed by atoms with van der Waals surface area (Å²) in [6.07, 6.45) is 32.1. The molecule has 3 aliphatic carbocycles. The lowest BCUT2D eigenvalue weighted by atomic mass is 9.68. The van der Waals surface area contributed by atoms with Crippen LogP contribution in [0.1, 0.15) is 129 Å². The van der Waals surface area contributed by atoms with Crippen molar-refractivity contribution >= 4 is 0 Å². The van der Waals surface area contributed by atoms with Crippen molar-refractivity contribution in [3.8, 4) is 0 Å². The SMILES string of the molecule is C/C=C/[C@H]1CC[C@H](CCCCC2CCC([C@H]3CC[C@H](CCC)CC3)CC2)CC1. The maximum Gasteiger partial charge on any atom is -0.0233 e. The number of unbranched alkanes of at least 4 members (excludes halogenated alkanes) is 1. The summed E-state index contributed by atoms with van der Waals surface area (Å²) in [6, 6.07) is 0. The lowest BCUT2D eigenvalue weighted by molar-refractivity contribution is 0.140. The van der Waals surface area contributed by atoms with E-state index in [1.807, 2.05) is 0 Å². The number of allylic oxidation sites excluding steroid dienone is 2. The van der Waals surface area contributed by atoms with Crippen LogP contribution in [0.5, 0.6) is 0 Å². The standard InChI is InChI=1S/C28H50/c1-3-7-23-11-13-25(14-12-23)9-5-6-10-26-17-21-28(22-18-26)27-19-15-24(8-4-2)16-20-27/h3,7,23-28H,4-6,8-22H2,1-2H3/b7-3+/t23-,24-,25-,26?,27-,28?. The molecule has 0 aromatic heterocycles. The third-order valence-electron chi connectivity index (χ3n) is 8.98. The van der Waals surface area contributed by atoms with E-state index in [1.54, 1.807) is 57.8 Å². The first-order valence-corrected chi connectivity index (χ1v) is 13.4. The summed E-state index contributed by atoms with van der Waals surface area (Å²) in [6.45, 7) is 4.54. The van der Waals surface area contributed by atoms with Gasteiger partial charge in [0.2, 0.25) is 0 Å². The van der Waals surface area contributed by atoms with E-state index in [0.29, 0.717) is 0 Å². The van der Waals surface area contributed by atoms with Crippen molar-refractivity contribution in [2.45, 2.75) is 129 Å². The van der Waals surface area contributed by atoms with Crippen molar-refractivity contribution in [2.75, 3.05) is 0 Å². The zero-order valence-corrected chi connectivity index (χ0v) is 19.3. The molecule has 0 bridgehead atoms. The van der Waals surface area contributed by atoms with Crippen LogP contribution in [0.4, 0.5) is 0 Å². The van der Waals surface area contributed by atoms with Crippen molar-refractivity contribution in [1.82, 2.24) is 0 Å². The van der Waals surface area contributed by atoms with Crippen LogP contribution in [0.15, 0.2) is 12.2 Å². The molecule has 0 spiro atoms. The minimum atomic E-state index is 0.901. The van der Waals surface area contributed by atoms with Crippen LogP contribution in [0.3, 0.4) is 0 Å². The molecule has 0 radical (unpaired) electrons. The van der Waals surface area contributed by atoms with Gasteiger partial charge >= 0.3 is 0 Å². The third-order valence-corrected chi connectivity index (χ3v) is 8.98. The molecular formula is C28H50. The Morgan fingerprint density at radius 2 is 1.00 bits per heavy atom. The van der Waals surface area contributed by atoms with E-state index in [0.717, 1.165) is 35.5 Å². The van der Waals surface area contributed by atoms with Gasteiger partial charge in [0.25, 0.3) is 0 Å². The minimum absolute atomic E-state index is 0.901. The fourth-order valence-electron chi connectivity index (χ4n) is 7.11. The summed E-state index contributed by atoms with van der Waals surface area (Å²) < 4.78 is 0. The van der Waals surface area contributed by atoms with Crippen LogP contribution in [0.2, 0.25) is 0 Å². The topological polar surface area (TPSA) is 0 Å². The Balaban J connectivity index is 1.22. The van der Waals surface area contributed by atoms with Gasteiger partial charge in [0.1, 0.15) is 0 Å². The molecule has 0 atom stereocenters. The molecule has 3 fully saturated rings. The monoisotopic (exact) mass is 386 g/mol. The first kappa shape index (κ1) is 22.4. The molecule has 0 aromatic rings. The van der Waals surface area contributed by atoms with E-state index in [1.165, 1.54) is 57.8 Å². The van der Waals surface area contributed by atoms with Crippen molar-refractivity contribution in [3.05, 3.63) is 12.2 Å². The van der Waals surface area contributed by atoms with Crippen LogP contribution in [-0.4, -0.2) is 0 Å². The predicted molar refractivity (Wildman–Crippen MR) is 125 cm³/mol. The summed E-state index contributed by atoms with van der Waals surface area (Å²) in [5, 5.41) is 0. The minimum Gasteiger partial charge on any atom is -0.0914 e. The third kappa shape index (κ3) is 7.21. The fraction of sp³-hybridized carbons (Fsp3) is 0.929. The van der Waals surface area contributed by atoms with Crippen molar-refractivity contribution in [1.29, 1.82) is 0 Å². The molecule has 0 N–H and O–H groups in total. The zero-order chi connectivity index (χ0) is 19.6. The average Bonchev–Trinajstić information content (AvgIpc) is 2.74. The lowest BCUT2D eigenvalue weighted by Gasteiger charge is -2.38. The molecule has 0 heterocycles. The number of rotatable bonds is 9. The van der Waals surface area contributed by atoms with Gasteiger partial charge in [-0.15, -0.1) is 0 Å². The number of hydrogen-bond acceptors (Lipinski definition) is 0. The molecule has 0 saturated heterocycles. The van der Waals surface area contributed by atoms with Gasteiger partial charge in [0.05, 0.1) is 0 Å². The normalized spacial score (nSPS) is 37.4. The summed E-state index contributed by atoms with van der Waals surface area (Å²) in [4.78, 5) is 0. The van der Waals surface area contributed by atoms with Gasteiger partial charge in [0.15, 0.2) is 0 Å². The Kier molecular flexibility index (Phi) is 9.96. The summed E-state index contributed by atoms with van der Waals surface area (Å²) in [5.74, 6) is 6.32. The lowest BCUT2D eigenvalue weighted by Crippen LogP contribution is -2.25. The Labute approximate surface area is 177 Å². The highest BCUT2D eigenvalue weighted by molar-refractivity contribution is 4.88. The molecule has 0 unspecified atom stereocenters. The molecule has 0 aliphatic heterocycles. The Bertz CT molecular complexity index is 411. The highest BCUT2D eigenvalue weighted by atomic mass is 14.4. The first-order valence-electron chi connectivity index (χ1n) is 13.4. The van der Waals surface area contributed by atoms with Crippen molar-refractivity contribution in [2.24, 2.45) is 35.5 Å². The van der Waals surface area contributed by atoms with Gasteiger partial charge in [-0.25, -0.2) is 0 Å². The Morgan fingerprint density at radius 3 is 1.43 bits per heavy atom. The van der Waals surface area contributed by atoms with Gasteiger partial charge in [-0.05, 0) is 93.8 Å². The Hall–Kier alpha value is -0.260. The van der Waals surface area contributed by atoms with Crippen LogP contribution in [-0.2, 0) is 0 Å². The molecule has 0 nitrogen and oxygen atoms in total. The smallest absolute Gasteiger partial charge is 0.0233 e. The van der Waals surface area contributed by atoms with E-state index in [9.17, 15) is 0 Å². The Morgan fingerprint density at radius 1 is 0.571 bits per heavy atom. The van der Waals surface area contributed by atoms with Gasteiger partial charge in [0, 0.05) is 0 Å². The summed E-state index contributed by atoms with van der Waals surface area (Å²) >= 11 is 0. The molecule has 28 heavy (non-hydrogen) atoms. The molecule has 3 aliphatic rings. The average molecular weight is 387 g/mol. The van der Waals surface area contributed by atoms with E-state index in [2.05, 4.69) is 26.0 Å². The van der Waals surface area contributed by atoms with Gasteiger partial charge in [-0.3, -0.25) is 0 Å². The second-order valence-electron chi connectivity index (χ2n) is 10.9. The predicted octanol–water partition coefficient (Wildman–Crippen LogP) is 9.34. The second kappa shape index (κ2) is 12.4. The van der Waals surface area contributed by atoms with E-state index >= 15 is 0 Å².